The largest absolute Gasteiger partial charge is 0.325 e. The van der Waals surface area contributed by atoms with Gasteiger partial charge in [0, 0.05) is 12.2 Å². The van der Waals surface area contributed by atoms with Gasteiger partial charge in [-0.3, -0.25) is 0 Å². The van der Waals surface area contributed by atoms with E-state index in [0.29, 0.717) is 10.8 Å². The molecule has 0 aliphatic heterocycles. The van der Waals surface area contributed by atoms with Crippen molar-refractivity contribution in [2.45, 2.75) is 13.8 Å². The number of rotatable bonds is 3. The highest BCUT2D eigenvalue weighted by Gasteiger charge is 2.13. The van der Waals surface area contributed by atoms with Crippen LogP contribution in [0.2, 0.25) is 10.3 Å². The van der Waals surface area contributed by atoms with Gasteiger partial charge in [0.05, 0.1) is 6.20 Å². The monoisotopic (exact) mass is 281 g/mol. The third-order valence-electron chi connectivity index (χ3n) is 2.61. The van der Waals surface area contributed by atoms with Crippen LogP contribution >= 0.6 is 23.2 Å². The van der Waals surface area contributed by atoms with Crippen LogP contribution in [0.5, 0.6) is 0 Å². The zero-order valence-electron chi connectivity index (χ0n) is 10.2. The molecule has 1 heterocycles. The van der Waals surface area contributed by atoms with E-state index in [1.54, 1.807) is 0 Å². The molecule has 94 valence electrons. The molecule has 0 saturated heterocycles. The molecular formula is C13H13Cl2N3. The minimum Gasteiger partial charge on any atom is -0.325 e. The van der Waals surface area contributed by atoms with Crippen LogP contribution in [0, 0.1) is 6.92 Å². The highest BCUT2D eigenvalue weighted by Crippen LogP contribution is 2.30. The van der Waals surface area contributed by atoms with Crippen LogP contribution in [0.4, 0.5) is 11.5 Å². The van der Waals surface area contributed by atoms with Crippen molar-refractivity contribution in [2.24, 2.45) is 0 Å². The molecule has 0 spiro atoms. The van der Waals surface area contributed by atoms with Crippen LogP contribution in [0.25, 0.3) is 0 Å². The Bertz CT molecular complexity index is 540. The summed E-state index contributed by atoms with van der Waals surface area (Å²) >= 11 is 11.9. The van der Waals surface area contributed by atoms with E-state index in [1.165, 1.54) is 11.8 Å². The maximum Gasteiger partial charge on any atom is 0.224 e. The zero-order chi connectivity index (χ0) is 13.1. The average Bonchev–Trinajstić information content (AvgIpc) is 2.37. The Labute approximate surface area is 116 Å². The predicted molar refractivity (Wildman–Crippen MR) is 75.9 cm³/mol. The van der Waals surface area contributed by atoms with Gasteiger partial charge in [-0.15, -0.1) is 0 Å². The van der Waals surface area contributed by atoms with Gasteiger partial charge in [-0.1, -0.05) is 29.3 Å². The molecule has 1 aromatic heterocycles. The van der Waals surface area contributed by atoms with E-state index in [9.17, 15) is 0 Å². The SMILES string of the molecule is CCN(c1ccc(C)cc1)c1nc(Cl)ncc1Cl. The predicted octanol–water partition coefficient (Wildman–Crippen LogP) is 4.25. The van der Waals surface area contributed by atoms with Gasteiger partial charge >= 0.3 is 0 Å². The van der Waals surface area contributed by atoms with Crippen molar-refractivity contribution in [3.05, 3.63) is 46.3 Å². The highest BCUT2D eigenvalue weighted by molar-refractivity contribution is 6.33. The molecule has 3 nitrogen and oxygen atoms in total. The molecule has 2 aromatic rings. The Hall–Kier alpha value is -1.32. The molecule has 0 radical (unpaired) electrons. The Morgan fingerprint density at radius 2 is 1.83 bits per heavy atom. The summed E-state index contributed by atoms with van der Waals surface area (Å²) < 4.78 is 0. The third kappa shape index (κ3) is 2.74. The van der Waals surface area contributed by atoms with Crippen molar-refractivity contribution in [1.82, 2.24) is 9.97 Å². The lowest BCUT2D eigenvalue weighted by molar-refractivity contribution is 0.976. The molecular weight excluding hydrogens is 269 g/mol. The number of aryl methyl sites for hydroxylation is 1. The lowest BCUT2D eigenvalue weighted by atomic mass is 10.2. The lowest BCUT2D eigenvalue weighted by Gasteiger charge is -2.23. The molecule has 0 amide bonds. The third-order valence-corrected chi connectivity index (χ3v) is 3.06. The van der Waals surface area contributed by atoms with E-state index >= 15 is 0 Å². The lowest BCUT2D eigenvalue weighted by Crippen LogP contribution is -2.18. The molecule has 0 atom stereocenters. The summed E-state index contributed by atoms with van der Waals surface area (Å²) in [7, 11) is 0. The van der Waals surface area contributed by atoms with Gasteiger partial charge in [-0.05, 0) is 37.6 Å². The van der Waals surface area contributed by atoms with Crippen LogP contribution in [0.15, 0.2) is 30.5 Å². The van der Waals surface area contributed by atoms with Crippen molar-refractivity contribution >= 4 is 34.7 Å². The van der Waals surface area contributed by atoms with Gasteiger partial charge < -0.3 is 4.90 Å². The highest BCUT2D eigenvalue weighted by atomic mass is 35.5. The number of anilines is 2. The fraction of sp³-hybridized carbons (Fsp3) is 0.231. The van der Waals surface area contributed by atoms with Gasteiger partial charge in [-0.25, -0.2) is 4.98 Å². The first-order chi connectivity index (χ1) is 8.61. The van der Waals surface area contributed by atoms with E-state index in [-0.39, 0.29) is 5.28 Å². The first-order valence-corrected chi connectivity index (χ1v) is 6.39. The summed E-state index contributed by atoms with van der Waals surface area (Å²) in [6.45, 7) is 4.83. The van der Waals surface area contributed by atoms with Gasteiger partial charge in [0.15, 0.2) is 5.82 Å². The maximum absolute atomic E-state index is 6.13. The van der Waals surface area contributed by atoms with Crippen LogP contribution in [-0.4, -0.2) is 16.5 Å². The zero-order valence-corrected chi connectivity index (χ0v) is 11.7. The summed E-state index contributed by atoms with van der Waals surface area (Å²) in [6.07, 6.45) is 1.52. The Morgan fingerprint density at radius 1 is 1.17 bits per heavy atom. The van der Waals surface area contributed by atoms with Crippen molar-refractivity contribution < 1.29 is 0 Å². The number of hydrogen-bond donors (Lipinski definition) is 0. The molecule has 5 heteroatoms. The van der Waals surface area contributed by atoms with Gasteiger partial charge in [0.2, 0.25) is 5.28 Å². The summed E-state index contributed by atoms with van der Waals surface area (Å²) in [4.78, 5) is 10.0. The number of nitrogens with zero attached hydrogens (tertiary/aromatic N) is 3. The van der Waals surface area contributed by atoms with E-state index in [4.69, 9.17) is 23.2 Å². The summed E-state index contributed by atoms with van der Waals surface area (Å²) in [5.41, 5.74) is 2.24. The second-order valence-corrected chi connectivity index (χ2v) is 4.64. The molecule has 18 heavy (non-hydrogen) atoms. The van der Waals surface area contributed by atoms with Crippen LogP contribution in [-0.2, 0) is 0 Å². The average molecular weight is 282 g/mol. The summed E-state index contributed by atoms with van der Waals surface area (Å²) in [5.74, 6) is 0.628. The van der Waals surface area contributed by atoms with Gasteiger partial charge in [-0.2, -0.15) is 4.98 Å². The smallest absolute Gasteiger partial charge is 0.224 e. The van der Waals surface area contributed by atoms with E-state index in [0.717, 1.165) is 12.2 Å². The van der Waals surface area contributed by atoms with E-state index in [1.807, 2.05) is 24.0 Å². The number of hydrogen-bond acceptors (Lipinski definition) is 3. The van der Waals surface area contributed by atoms with Crippen LogP contribution < -0.4 is 4.90 Å². The molecule has 0 saturated carbocycles. The molecule has 0 fully saturated rings. The summed E-state index contributed by atoms with van der Waals surface area (Å²) in [6, 6.07) is 8.17. The van der Waals surface area contributed by atoms with E-state index in [2.05, 4.69) is 29.0 Å². The minimum absolute atomic E-state index is 0.194. The second kappa shape index (κ2) is 5.55. The molecule has 0 bridgehead atoms. The second-order valence-electron chi connectivity index (χ2n) is 3.89. The fourth-order valence-electron chi connectivity index (χ4n) is 1.71. The van der Waals surface area contributed by atoms with Crippen molar-refractivity contribution in [2.75, 3.05) is 11.4 Å². The first kappa shape index (κ1) is 13.1. The van der Waals surface area contributed by atoms with Crippen molar-refractivity contribution in [1.29, 1.82) is 0 Å². The standard InChI is InChI=1S/C13H13Cl2N3/c1-3-18(10-6-4-9(2)5-7-10)12-11(14)8-16-13(15)17-12/h4-8H,3H2,1-2H3. The van der Waals surface area contributed by atoms with Gasteiger partial charge in [0.25, 0.3) is 0 Å². The number of halogens is 2. The topological polar surface area (TPSA) is 29.0 Å². The number of aromatic nitrogens is 2. The maximum atomic E-state index is 6.13. The Kier molecular flexibility index (Phi) is 4.04. The Morgan fingerprint density at radius 3 is 2.44 bits per heavy atom. The van der Waals surface area contributed by atoms with Gasteiger partial charge in [0.1, 0.15) is 5.02 Å². The molecule has 0 unspecified atom stereocenters. The minimum atomic E-state index is 0.194. The molecule has 0 N–H and O–H groups in total. The van der Waals surface area contributed by atoms with Crippen LogP contribution in [0.1, 0.15) is 12.5 Å². The fourth-order valence-corrected chi connectivity index (χ4v) is 2.03. The van der Waals surface area contributed by atoms with Crippen molar-refractivity contribution in [3.8, 4) is 0 Å². The Balaban J connectivity index is 2.44. The summed E-state index contributed by atoms with van der Waals surface area (Å²) in [5, 5.41) is 0.682. The molecule has 0 aliphatic rings. The normalized spacial score (nSPS) is 10.4. The first-order valence-electron chi connectivity index (χ1n) is 5.64. The molecule has 0 aliphatic carbocycles. The van der Waals surface area contributed by atoms with Crippen molar-refractivity contribution in [3.63, 3.8) is 0 Å². The van der Waals surface area contributed by atoms with Crippen LogP contribution in [0.3, 0.4) is 0 Å². The molecule has 2 rings (SSSR count). The number of benzene rings is 1. The quantitative estimate of drug-likeness (QED) is 0.788. The molecule has 1 aromatic carbocycles. The van der Waals surface area contributed by atoms with E-state index < -0.39 is 0 Å².